The molecule has 4 nitrogen and oxygen atoms in total. The number of halogens is 1. The van der Waals surface area contributed by atoms with Gasteiger partial charge in [0.25, 0.3) is 0 Å². The van der Waals surface area contributed by atoms with Gasteiger partial charge in [-0.05, 0) is 48.7 Å². The van der Waals surface area contributed by atoms with Gasteiger partial charge >= 0.3 is 6.03 Å². The van der Waals surface area contributed by atoms with Gasteiger partial charge in [-0.25, -0.2) is 4.79 Å². The Morgan fingerprint density at radius 1 is 1.04 bits per heavy atom. The molecule has 24 heavy (non-hydrogen) atoms. The second-order valence-corrected chi connectivity index (χ2v) is 6.06. The summed E-state index contributed by atoms with van der Waals surface area (Å²) in [6.07, 6.45) is 0.801. The van der Waals surface area contributed by atoms with Gasteiger partial charge in [0.1, 0.15) is 5.75 Å². The SMILES string of the molecule is CCC(NC(=O)NC(C)c1ccc(Cl)cc1)c1ccc(OC)cc1. The van der Waals surface area contributed by atoms with E-state index in [1.54, 1.807) is 7.11 Å². The molecule has 2 rings (SSSR count). The van der Waals surface area contributed by atoms with Gasteiger partial charge in [0, 0.05) is 5.02 Å². The average molecular weight is 347 g/mol. The highest BCUT2D eigenvalue weighted by Gasteiger charge is 2.15. The van der Waals surface area contributed by atoms with Crippen LogP contribution in [0.4, 0.5) is 4.79 Å². The fourth-order valence-electron chi connectivity index (χ4n) is 2.49. The van der Waals surface area contributed by atoms with E-state index >= 15 is 0 Å². The molecule has 0 radical (unpaired) electrons. The summed E-state index contributed by atoms with van der Waals surface area (Å²) in [5, 5.41) is 6.65. The third-order valence-corrected chi connectivity index (χ3v) is 4.20. The first kappa shape index (κ1) is 18.1. The lowest BCUT2D eigenvalue weighted by Gasteiger charge is -2.21. The molecular weight excluding hydrogens is 324 g/mol. The number of rotatable bonds is 6. The summed E-state index contributed by atoms with van der Waals surface area (Å²) >= 11 is 5.89. The fourth-order valence-corrected chi connectivity index (χ4v) is 2.61. The predicted molar refractivity (Wildman–Crippen MR) is 97.6 cm³/mol. The van der Waals surface area contributed by atoms with Crippen LogP contribution in [0.2, 0.25) is 5.02 Å². The standard InChI is InChI=1S/C19H23ClN2O2/c1-4-18(15-7-11-17(24-3)12-8-15)22-19(23)21-13(2)14-5-9-16(20)10-6-14/h5-13,18H,4H2,1-3H3,(H2,21,22,23). The summed E-state index contributed by atoms with van der Waals surface area (Å²) in [6.45, 7) is 3.98. The Kier molecular flexibility index (Phi) is 6.50. The number of urea groups is 1. The van der Waals surface area contributed by atoms with Gasteiger partial charge in [0.05, 0.1) is 19.2 Å². The smallest absolute Gasteiger partial charge is 0.315 e. The van der Waals surface area contributed by atoms with Gasteiger partial charge in [-0.3, -0.25) is 0 Å². The Labute approximate surface area is 148 Å². The van der Waals surface area contributed by atoms with E-state index in [0.29, 0.717) is 5.02 Å². The molecule has 0 aliphatic rings. The van der Waals surface area contributed by atoms with E-state index in [9.17, 15) is 4.79 Å². The molecule has 0 saturated heterocycles. The van der Waals surface area contributed by atoms with Crippen LogP contribution in [0, 0.1) is 0 Å². The Balaban J connectivity index is 1.96. The summed E-state index contributed by atoms with van der Waals surface area (Å²) in [4.78, 5) is 12.3. The van der Waals surface area contributed by atoms with Gasteiger partial charge in [0.2, 0.25) is 0 Å². The van der Waals surface area contributed by atoms with Crippen molar-refractivity contribution in [3.63, 3.8) is 0 Å². The molecule has 5 heteroatoms. The van der Waals surface area contributed by atoms with Crippen LogP contribution in [-0.2, 0) is 0 Å². The van der Waals surface area contributed by atoms with Crippen LogP contribution in [0.5, 0.6) is 5.75 Å². The Hall–Kier alpha value is -2.20. The number of amides is 2. The van der Waals surface area contributed by atoms with Gasteiger partial charge in [-0.15, -0.1) is 0 Å². The van der Waals surface area contributed by atoms with Crippen molar-refractivity contribution in [3.05, 3.63) is 64.7 Å². The molecule has 2 N–H and O–H groups in total. The maximum Gasteiger partial charge on any atom is 0.315 e. The van der Waals surface area contributed by atoms with Crippen molar-refractivity contribution >= 4 is 17.6 Å². The number of benzene rings is 2. The lowest BCUT2D eigenvalue weighted by molar-refractivity contribution is 0.233. The molecule has 0 fully saturated rings. The highest BCUT2D eigenvalue weighted by molar-refractivity contribution is 6.30. The van der Waals surface area contributed by atoms with Crippen LogP contribution >= 0.6 is 11.6 Å². The minimum Gasteiger partial charge on any atom is -0.497 e. The maximum absolute atomic E-state index is 12.3. The number of hydrogen-bond donors (Lipinski definition) is 2. The van der Waals surface area contributed by atoms with E-state index in [1.807, 2.05) is 62.4 Å². The van der Waals surface area contributed by atoms with E-state index in [2.05, 4.69) is 10.6 Å². The second kappa shape index (κ2) is 8.60. The van der Waals surface area contributed by atoms with Gasteiger partial charge < -0.3 is 15.4 Å². The van der Waals surface area contributed by atoms with Crippen molar-refractivity contribution in [2.24, 2.45) is 0 Å². The van der Waals surface area contributed by atoms with Crippen molar-refractivity contribution in [1.82, 2.24) is 10.6 Å². The van der Waals surface area contributed by atoms with Gasteiger partial charge in [-0.2, -0.15) is 0 Å². The molecular formula is C19H23ClN2O2. The molecule has 0 heterocycles. The maximum atomic E-state index is 12.3. The summed E-state index contributed by atoms with van der Waals surface area (Å²) < 4.78 is 5.16. The Morgan fingerprint density at radius 2 is 1.62 bits per heavy atom. The van der Waals surface area contributed by atoms with Crippen molar-refractivity contribution < 1.29 is 9.53 Å². The third kappa shape index (κ3) is 4.90. The largest absolute Gasteiger partial charge is 0.497 e. The van der Waals surface area contributed by atoms with Gasteiger partial charge in [-0.1, -0.05) is 42.8 Å². The normalized spacial score (nSPS) is 13.0. The van der Waals surface area contributed by atoms with Crippen LogP contribution in [-0.4, -0.2) is 13.1 Å². The number of hydrogen-bond acceptors (Lipinski definition) is 2. The summed E-state index contributed by atoms with van der Waals surface area (Å²) in [5.74, 6) is 0.800. The quantitative estimate of drug-likeness (QED) is 0.784. The fraction of sp³-hybridized carbons (Fsp3) is 0.316. The summed E-state index contributed by atoms with van der Waals surface area (Å²) in [6, 6.07) is 14.8. The van der Waals surface area contributed by atoms with Gasteiger partial charge in [0.15, 0.2) is 0 Å². The molecule has 2 unspecified atom stereocenters. The molecule has 0 aliphatic heterocycles. The average Bonchev–Trinajstić information content (AvgIpc) is 2.60. The molecule has 0 aliphatic carbocycles. The van der Waals surface area contributed by atoms with Crippen molar-refractivity contribution in [2.75, 3.05) is 7.11 Å². The molecule has 2 amide bonds. The number of nitrogens with one attached hydrogen (secondary N) is 2. The van der Waals surface area contributed by atoms with Crippen molar-refractivity contribution in [2.45, 2.75) is 32.4 Å². The highest BCUT2D eigenvalue weighted by Crippen LogP contribution is 2.20. The zero-order valence-corrected chi connectivity index (χ0v) is 14.9. The van der Waals surface area contributed by atoms with Crippen LogP contribution in [0.1, 0.15) is 43.5 Å². The number of carbonyl (C=O) groups is 1. The lowest BCUT2D eigenvalue weighted by Crippen LogP contribution is -2.39. The van der Waals surface area contributed by atoms with E-state index in [4.69, 9.17) is 16.3 Å². The zero-order chi connectivity index (χ0) is 17.5. The van der Waals surface area contributed by atoms with Crippen LogP contribution < -0.4 is 15.4 Å². The van der Waals surface area contributed by atoms with Crippen molar-refractivity contribution in [1.29, 1.82) is 0 Å². The van der Waals surface area contributed by atoms with Crippen LogP contribution in [0.15, 0.2) is 48.5 Å². The van der Waals surface area contributed by atoms with E-state index < -0.39 is 0 Å². The number of ether oxygens (including phenoxy) is 1. The zero-order valence-electron chi connectivity index (χ0n) is 14.2. The Morgan fingerprint density at radius 3 is 2.17 bits per heavy atom. The molecule has 2 atom stereocenters. The molecule has 0 saturated carbocycles. The molecule has 2 aromatic rings. The first-order valence-electron chi connectivity index (χ1n) is 8.00. The van der Waals surface area contributed by atoms with E-state index in [-0.39, 0.29) is 18.1 Å². The van der Waals surface area contributed by atoms with E-state index in [0.717, 1.165) is 23.3 Å². The first-order chi connectivity index (χ1) is 11.5. The summed E-state index contributed by atoms with van der Waals surface area (Å²) in [7, 11) is 1.64. The Bertz CT molecular complexity index is 656. The third-order valence-electron chi connectivity index (χ3n) is 3.95. The molecule has 0 spiro atoms. The van der Waals surface area contributed by atoms with E-state index in [1.165, 1.54) is 0 Å². The predicted octanol–water partition coefficient (Wildman–Crippen LogP) is 4.86. The topological polar surface area (TPSA) is 50.4 Å². The minimum absolute atomic E-state index is 0.0478. The monoisotopic (exact) mass is 346 g/mol. The molecule has 128 valence electrons. The minimum atomic E-state index is -0.194. The molecule has 2 aromatic carbocycles. The first-order valence-corrected chi connectivity index (χ1v) is 8.37. The van der Waals surface area contributed by atoms with Crippen molar-refractivity contribution in [3.8, 4) is 5.75 Å². The summed E-state index contributed by atoms with van der Waals surface area (Å²) in [5.41, 5.74) is 2.06. The number of methoxy groups -OCH3 is 1. The number of carbonyl (C=O) groups excluding carboxylic acids is 1. The van der Waals surface area contributed by atoms with Crippen LogP contribution in [0.3, 0.4) is 0 Å². The molecule has 0 bridgehead atoms. The second-order valence-electron chi connectivity index (χ2n) is 5.63. The molecule has 0 aromatic heterocycles. The lowest BCUT2D eigenvalue weighted by atomic mass is 10.0. The van der Waals surface area contributed by atoms with Crippen LogP contribution in [0.25, 0.3) is 0 Å². The highest BCUT2D eigenvalue weighted by atomic mass is 35.5.